The molecule has 3 aromatic rings. The Morgan fingerprint density at radius 1 is 1.20 bits per heavy atom. The third-order valence-corrected chi connectivity index (χ3v) is 5.08. The van der Waals surface area contributed by atoms with Crippen molar-refractivity contribution in [2.24, 2.45) is 0 Å². The Kier molecular flexibility index (Phi) is 6.14. The molecule has 1 heterocycles. The number of halogens is 1. The van der Waals surface area contributed by atoms with E-state index in [0.717, 1.165) is 11.1 Å². The van der Waals surface area contributed by atoms with Crippen LogP contribution in [-0.2, 0) is 4.79 Å². The summed E-state index contributed by atoms with van der Waals surface area (Å²) in [5, 5.41) is 23.1. The molecule has 0 saturated heterocycles. The minimum Gasteiger partial charge on any atom is -0.457 e. The first-order valence-electron chi connectivity index (χ1n) is 8.83. The summed E-state index contributed by atoms with van der Waals surface area (Å²) in [5.41, 5.74) is 2.90. The van der Waals surface area contributed by atoms with Gasteiger partial charge in [0, 0.05) is 33.9 Å². The number of nitrogens with one attached hydrogen (secondary N) is 1. The Bertz CT molecular complexity index is 1200. The van der Waals surface area contributed by atoms with Crippen LogP contribution in [0.1, 0.15) is 16.9 Å². The minimum absolute atomic E-state index is 0.0489. The molecular weight excluding hydrogens is 450 g/mol. The van der Waals surface area contributed by atoms with Gasteiger partial charge < -0.3 is 9.73 Å². The Morgan fingerprint density at radius 2 is 1.90 bits per heavy atom. The number of carbonyl (C=O) groups excluding carboxylic acids is 1. The third-order valence-electron chi connectivity index (χ3n) is 4.43. The number of rotatable bonds is 5. The fraction of sp³-hybridized carbons (Fsp3) is 0.0909. The average molecular weight is 466 g/mol. The maximum Gasteiger partial charge on any atom is 0.270 e. The molecule has 1 aromatic heterocycles. The fourth-order valence-corrected chi connectivity index (χ4v) is 3.44. The van der Waals surface area contributed by atoms with Crippen LogP contribution in [0, 0.1) is 35.3 Å². The molecular formula is C22H16BrN3O4. The third kappa shape index (κ3) is 4.47. The molecule has 0 atom stereocenters. The largest absolute Gasteiger partial charge is 0.457 e. The van der Waals surface area contributed by atoms with E-state index >= 15 is 0 Å². The minimum atomic E-state index is -0.538. The van der Waals surface area contributed by atoms with Crippen LogP contribution < -0.4 is 5.32 Å². The van der Waals surface area contributed by atoms with Crippen molar-refractivity contribution in [3.63, 3.8) is 0 Å². The van der Waals surface area contributed by atoms with E-state index < -0.39 is 10.8 Å². The van der Waals surface area contributed by atoms with Gasteiger partial charge in [-0.3, -0.25) is 14.9 Å². The van der Waals surface area contributed by atoms with Gasteiger partial charge in [0.2, 0.25) is 0 Å². The number of nitrogens with zero attached hydrogens (tertiary/aromatic N) is 2. The number of para-hydroxylation sites is 1. The summed E-state index contributed by atoms with van der Waals surface area (Å²) in [6.45, 7) is 3.75. The van der Waals surface area contributed by atoms with Crippen LogP contribution in [0.4, 0.5) is 11.4 Å². The zero-order valence-electron chi connectivity index (χ0n) is 16.1. The van der Waals surface area contributed by atoms with Gasteiger partial charge in [-0.15, -0.1) is 0 Å². The highest BCUT2D eigenvalue weighted by molar-refractivity contribution is 9.10. The van der Waals surface area contributed by atoms with E-state index in [1.54, 1.807) is 18.2 Å². The van der Waals surface area contributed by atoms with Gasteiger partial charge in [0.1, 0.15) is 23.2 Å². The first kappa shape index (κ1) is 21.0. The van der Waals surface area contributed by atoms with Gasteiger partial charge in [0.05, 0.1) is 4.92 Å². The van der Waals surface area contributed by atoms with Crippen LogP contribution in [-0.4, -0.2) is 10.8 Å². The van der Waals surface area contributed by atoms with Crippen LogP contribution in [0.25, 0.3) is 17.4 Å². The molecule has 150 valence electrons. The van der Waals surface area contributed by atoms with Crippen molar-refractivity contribution >= 4 is 39.3 Å². The van der Waals surface area contributed by atoms with Crippen LogP contribution in [0.3, 0.4) is 0 Å². The number of hydrogen-bond donors (Lipinski definition) is 1. The molecule has 3 rings (SSSR count). The van der Waals surface area contributed by atoms with Crippen molar-refractivity contribution in [3.8, 4) is 17.4 Å². The smallest absolute Gasteiger partial charge is 0.270 e. The molecule has 0 aliphatic carbocycles. The summed E-state index contributed by atoms with van der Waals surface area (Å²) in [4.78, 5) is 23.0. The van der Waals surface area contributed by atoms with Gasteiger partial charge in [0.15, 0.2) is 0 Å². The second-order valence-corrected chi connectivity index (χ2v) is 7.37. The molecule has 1 amide bonds. The number of hydrogen-bond acceptors (Lipinski definition) is 5. The van der Waals surface area contributed by atoms with Crippen molar-refractivity contribution in [1.29, 1.82) is 5.26 Å². The van der Waals surface area contributed by atoms with Crippen molar-refractivity contribution in [3.05, 3.63) is 85.6 Å². The lowest BCUT2D eigenvalue weighted by Crippen LogP contribution is -2.15. The standard InChI is InChI=1S/C22H16BrN3O4/c1-13-4-3-5-14(2)21(13)25-22(27)15(12-24)10-17-7-9-20(30-17)18-8-6-16(26(28)29)11-19(18)23/h3-11H,1-2H3,(H,25,27). The van der Waals surface area contributed by atoms with E-state index in [4.69, 9.17) is 4.42 Å². The molecule has 0 fully saturated rings. The molecule has 7 nitrogen and oxygen atoms in total. The van der Waals surface area contributed by atoms with E-state index in [-0.39, 0.29) is 11.3 Å². The first-order valence-corrected chi connectivity index (χ1v) is 9.63. The van der Waals surface area contributed by atoms with Crippen LogP contribution in [0.5, 0.6) is 0 Å². The molecule has 0 saturated carbocycles. The van der Waals surface area contributed by atoms with Gasteiger partial charge in [0.25, 0.3) is 11.6 Å². The summed E-state index contributed by atoms with van der Waals surface area (Å²) in [7, 11) is 0. The Labute approximate surface area is 180 Å². The lowest BCUT2D eigenvalue weighted by molar-refractivity contribution is -0.384. The highest BCUT2D eigenvalue weighted by Crippen LogP contribution is 2.33. The van der Waals surface area contributed by atoms with Crippen molar-refractivity contribution < 1.29 is 14.1 Å². The second-order valence-electron chi connectivity index (χ2n) is 6.51. The number of nitro groups is 1. The normalized spacial score (nSPS) is 11.1. The summed E-state index contributed by atoms with van der Waals surface area (Å²) < 4.78 is 6.22. The number of amides is 1. The van der Waals surface area contributed by atoms with E-state index in [2.05, 4.69) is 21.2 Å². The molecule has 0 aliphatic rings. The number of anilines is 1. The number of non-ortho nitro benzene ring substituents is 1. The topological polar surface area (TPSA) is 109 Å². The quantitative estimate of drug-likeness (QED) is 0.222. The summed E-state index contributed by atoms with van der Waals surface area (Å²) in [5.74, 6) is 0.211. The highest BCUT2D eigenvalue weighted by Gasteiger charge is 2.15. The van der Waals surface area contributed by atoms with E-state index in [0.29, 0.717) is 27.2 Å². The number of nitriles is 1. The molecule has 1 N–H and O–H groups in total. The molecule has 30 heavy (non-hydrogen) atoms. The number of benzene rings is 2. The zero-order chi connectivity index (χ0) is 21.8. The van der Waals surface area contributed by atoms with Gasteiger partial charge >= 0.3 is 0 Å². The number of furan rings is 1. The van der Waals surface area contributed by atoms with Gasteiger partial charge in [-0.25, -0.2) is 0 Å². The molecule has 0 radical (unpaired) electrons. The monoisotopic (exact) mass is 465 g/mol. The van der Waals surface area contributed by atoms with E-state index in [9.17, 15) is 20.2 Å². The van der Waals surface area contributed by atoms with Gasteiger partial charge in [-0.2, -0.15) is 5.26 Å². The average Bonchev–Trinajstić information content (AvgIpc) is 3.17. The van der Waals surface area contributed by atoms with Crippen molar-refractivity contribution in [2.75, 3.05) is 5.32 Å². The lowest BCUT2D eigenvalue weighted by atomic mass is 10.1. The Hall–Kier alpha value is -3.70. The molecule has 0 bridgehead atoms. The van der Waals surface area contributed by atoms with Crippen molar-refractivity contribution in [2.45, 2.75) is 13.8 Å². The highest BCUT2D eigenvalue weighted by atomic mass is 79.9. The van der Waals surface area contributed by atoms with E-state index in [1.807, 2.05) is 38.1 Å². The number of aryl methyl sites for hydroxylation is 2. The van der Waals surface area contributed by atoms with Gasteiger partial charge in [-0.05, 0) is 59.1 Å². The molecule has 0 spiro atoms. The van der Waals surface area contributed by atoms with E-state index in [1.165, 1.54) is 18.2 Å². The molecule has 8 heteroatoms. The molecule has 2 aromatic carbocycles. The predicted octanol–water partition coefficient (Wildman–Crippen LogP) is 5.78. The number of nitro benzene ring substituents is 1. The Balaban J connectivity index is 1.86. The van der Waals surface area contributed by atoms with Crippen LogP contribution >= 0.6 is 15.9 Å². The SMILES string of the molecule is Cc1cccc(C)c1NC(=O)C(C#N)=Cc1ccc(-c2ccc([N+](=O)[O-])cc2Br)o1. The summed E-state index contributed by atoms with van der Waals surface area (Å²) >= 11 is 3.30. The number of carbonyl (C=O) groups is 1. The maximum absolute atomic E-state index is 12.6. The molecule has 0 unspecified atom stereocenters. The van der Waals surface area contributed by atoms with Crippen LogP contribution in [0.2, 0.25) is 0 Å². The second kappa shape index (κ2) is 8.76. The summed E-state index contributed by atoms with van der Waals surface area (Å²) in [6, 6.07) is 15.1. The van der Waals surface area contributed by atoms with Gasteiger partial charge in [-0.1, -0.05) is 18.2 Å². The van der Waals surface area contributed by atoms with Crippen molar-refractivity contribution in [1.82, 2.24) is 0 Å². The summed E-state index contributed by atoms with van der Waals surface area (Å²) in [6.07, 6.45) is 1.35. The maximum atomic E-state index is 12.6. The zero-order valence-corrected chi connectivity index (χ0v) is 17.7. The Morgan fingerprint density at radius 3 is 2.50 bits per heavy atom. The lowest BCUT2D eigenvalue weighted by Gasteiger charge is -2.10. The molecule has 0 aliphatic heterocycles. The predicted molar refractivity (Wildman–Crippen MR) is 117 cm³/mol. The van der Waals surface area contributed by atoms with Crippen LogP contribution in [0.15, 0.2) is 63.0 Å². The first-order chi connectivity index (χ1) is 14.3. The fourth-order valence-electron chi connectivity index (χ4n) is 2.88.